The SMILES string of the molecule is O=Cc1cccc(C#CCn2cccn2)c1. The largest absolute Gasteiger partial charge is 0.298 e. The molecule has 0 N–H and O–H groups in total. The predicted molar refractivity (Wildman–Crippen MR) is 60.9 cm³/mol. The smallest absolute Gasteiger partial charge is 0.150 e. The molecule has 0 saturated heterocycles. The van der Waals surface area contributed by atoms with Gasteiger partial charge in [0, 0.05) is 23.5 Å². The van der Waals surface area contributed by atoms with Gasteiger partial charge >= 0.3 is 0 Å². The van der Waals surface area contributed by atoms with Crippen molar-refractivity contribution in [2.75, 3.05) is 0 Å². The van der Waals surface area contributed by atoms with E-state index in [4.69, 9.17) is 0 Å². The Morgan fingerprint density at radius 2 is 2.31 bits per heavy atom. The fraction of sp³-hybridized carbons (Fsp3) is 0.0769. The van der Waals surface area contributed by atoms with Crippen molar-refractivity contribution < 1.29 is 4.79 Å². The van der Waals surface area contributed by atoms with E-state index in [-0.39, 0.29) is 0 Å². The van der Waals surface area contributed by atoms with Gasteiger partial charge in [-0.3, -0.25) is 9.48 Å². The Bertz CT molecular complexity index is 533. The molecule has 1 heterocycles. The number of carbonyl (C=O) groups is 1. The zero-order valence-corrected chi connectivity index (χ0v) is 8.63. The third kappa shape index (κ3) is 2.58. The Kier molecular flexibility index (Phi) is 3.15. The van der Waals surface area contributed by atoms with Crippen LogP contribution in [0.4, 0.5) is 0 Å². The monoisotopic (exact) mass is 210 g/mol. The molecule has 0 unspecified atom stereocenters. The maximum absolute atomic E-state index is 10.6. The third-order valence-electron chi connectivity index (χ3n) is 2.06. The molecule has 2 rings (SSSR count). The van der Waals surface area contributed by atoms with Crippen molar-refractivity contribution in [1.29, 1.82) is 0 Å². The van der Waals surface area contributed by atoms with Crippen LogP contribution in [0.1, 0.15) is 15.9 Å². The van der Waals surface area contributed by atoms with Gasteiger partial charge in [0.2, 0.25) is 0 Å². The first-order valence-electron chi connectivity index (χ1n) is 4.90. The first kappa shape index (κ1) is 10.2. The molecular weight excluding hydrogens is 200 g/mol. The number of benzene rings is 1. The lowest BCUT2D eigenvalue weighted by Crippen LogP contribution is -1.94. The summed E-state index contributed by atoms with van der Waals surface area (Å²) in [6.07, 6.45) is 4.39. The topological polar surface area (TPSA) is 34.9 Å². The maximum atomic E-state index is 10.6. The van der Waals surface area contributed by atoms with Crippen LogP contribution in [-0.2, 0) is 6.54 Å². The van der Waals surface area contributed by atoms with Gasteiger partial charge in [-0.25, -0.2) is 0 Å². The lowest BCUT2D eigenvalue weighted by atomic mass is 10.1. The average Bonchev–Trinajstić information content (AvgIpc) is 2.82. The van der Waals surface area contributed by atoms with Gasteiger partial charge in [-0.05, 0) is 18.2 Å². The van der Waals surface area contributed by atoms with Crippen LogP contribution in [0.15, 0.2) is 42.7 Å². The van der Waals surface area contributed by atoms with Crippen LogP contribution in [0.5, 0.6) is 0 Å². The Hall–Kier alpha value is -2.34. The van der Waals surface area contributed by atoms with Crippen LogP contribution in [0.3, 0.4) is 0 Å². The van der Waals surface area contributed by atoms with Crippen LogP contribution in [0.2, 0.25) is 0 Å². The van der Waals surface area contributed by atoms with Crippen LogP contribution in [0, 0.1) is 11.8 Å². The van der Waals surface area contributed by atoms with Crippen molar-refractivity contribution >= 4 is 6.29 Å². The van der Waals surface area contributed by atoms with E-state index in [1.54, 1.807) is 23.0 Å². The summed E-state index contributed by atoms with van der Waals surface area (Å²) in [5.41, 5.74) is 1.49. The molecule has 0 fully saturated rings. The molecule has 16 heavy (non-hydrogen) atoms. The van der Waals surface area contributed by atoms with Gasteiger partial charge in [0.25, 0.3) is 0 Å². The fourth-order valence-corrected chi connectivity index (χ4v) is 1.31. The Morgan fingerprint density at radius 1 is 1.38 bits per heavy atom. The molecule has 3 nitrogen and oxygen atoms in total. The number of aromatic nitrogens is 2. The van der Waals surface area contributed by atoms with Gasteiger partial charge in [-0.2, -0.15) is 5.10 Å². The minimum absolute atomic E-state index is 0.554. The normalized spacial score (nSPS) is 9.25. The summed E-state index contributed by atoms with van der Waals surface area (Å²) in [6.45, 7) is 0.554. The number of nitrogens with zero attached hydrogens (tertiary/aromatic N) is 2. The van der Waals surface area contributed by atoms with Gasteiger partial charge in [0.05, 0.1) is 0 Å². The second-order valence-corrected chi connectivity index (χ2v) is 3.25. The predicted octanol–water partition coefficient (Wildman–Crippen LogP) is 1.75. The zero-order valence-electron chi connectivity index (χ0n) is 8.63. The summed E-state index contributed by atoms with van der Waals surface area (Å²) in [5, 5.41) is 4.04. The van der Waals surface area contributed by atoms with E-state index in [2.05, 4.69) is 16.9 Å². The van der Waals surface area contributed by atoms with Crippen LogP contribution >= 0.6 is 0 Å². The van der Waals surface area contributed by atoms with Crippen molar-refractivity contribution in [2.24, 2.45) is 0 Å². The molecule has 0 amide bonds. The van der Waals surface area contributed by atoms with Gasteiger partial charge in [-0.1, -0.05) is 24.0 Å². The van der Waals surface area contributed by atoms with E-state index >= 15 is 0 Å². The maximum Gasteiger partial charge on any atom is 0.150 e. The molecule has 0 atom stereocenters. The molecule has 78 valence electrons. The molecule has 3 heteroatoms. The number of hydrogen-bond donors (Lipinski definition) is 0. The van der Waals surface area contributed by atoms with E-state index < -0.39 is 0 Å². The summed E-state index contributed by atoms with van der Waals surface area (Å²) in [7, 11) is 0. The molecule has 0 radical (unpaired) electrons. The lowest BCUT2D eigenvalue weighted by Gasteiger charge is -1.92. The molecule has 1 aromatic carbocycles. The van der Waals surface area contributed by atoms with Crippen molar-refractivity contribution in [2.45, 2.75) is 6.54 Å². The summed E-state index contributed by atoms with van der Waals surface area (Å²) >= 11 is 0. The molecule has 2 aromatic rings. The van der Waals surface area contributed by atoms with Crippen LogP contribution in [-0.4, -0.2) is 16.1 Å². The third-order valence-corrected chi connectivity index (χ3v) is 2.06. The van der Waals surface area contributed by atoms with E-state index in [9.17, 15) is 4.79 Å². The van der Waals surface area contributed by atoms with Crippen molar-refractivity contribution in [3.63, 3.8) is 0 Å². The van der Waals surface area contributed by atoms with Gasteiger partial charge in [0.15, 0.2) is 0 Å². The second-order valence-electron chi connectivity index (χ2n) is 3.25. The molecule has 1 aromatic heterocycles. The van der Waals surface area contributed by atoms with E-state index in [0.29, 0.717) is 12.1 Å². The summed E-state index contributed by atoms with van der Waals surface area (Å²) in [4.78, 5) is 10.6. The van der Waals surface area contributed by atoms with Crippen LogP contribution in [0.25, 0.3) is 0 Å². The minimum atomic E-state index is 0.554. The first-order chi connectivity index (χ1) is 7.88. The molecule has 0 bridgehead atoms. The molecule has 0 spiro atoms. The quantitative estimate of drug-likeness (QED) is 0.559. The molecular formula is C13H10N2O. The van der Waals surface area contributed by atoms with Crippen molar-refractivity contribution in [1.82, 2.24) is 9.78 Å². The molecule has 0 aliphatic rings. The Morgan fingerprint density at radius 3 is 3.06 bits per heavy atom. The molecule has 0 aliphatic carbocycles. The number of carbonyl (C=O) groups excluding carboxylic acids is 1. The molecule has 0 saturated carbocycles. The second kappa shape index (κ2) is 4.94. The highest BCUT2D eigenvalue weighted by molar-refractivity contribution is 5.75. The van der Waals surface area contributed by atoms with E-state index in [0.717, 1.165) is 11.8 Å². The fourth-order valence-electron chi connectivity index (χ4n) is 1.31. The van der Waals surface area contributed by atoms with Crippen molar-refractivity contribution in [3.05, 3.63) is 53.9 Å². The highest BCUT2D eigenvalue weighted by Crippen LogP contribution is 2.01. The van der Waals surface area contributed by atoms with E-state index in [1.165, 1.54) is 0 Å². The zero-order chi connectivity index (χ0) is 11.2. The number of hydrogen-bond acceptors (Lipinski definition) is 2. The number of rotatable bonds is 2. The summed E-state index contributed by atoms with van der Waals surface area (Å²) in [6, 6.07) is 9.08. The highest BCUT2D eigenvalue weighted by atomic mass is 16.1. The summed E-state index contributed by atoms with van der Waals surface area (Å²) < 4.78 is 1.75. The Labute approximate surface area is 93.7 Å². The first-order valence-corrected chi connectivity index (χ1v) is 4.90. The van der Waals surface area contributed by atoms with Gasteiger partial charge in [-0.15, -0.1) is 0 Å². The van der Waals surface area contributed by atoms with Gasteiger partial charge in [0.1, 0.15) is 12.8 Å². The lowest BCUT2D eigenvalue weighted by molar-refractivity contribution is 0.112. The van der Waals surface area contributed by atoms with Crippen LogP contribution < -0.4 is 0 Å². The standard InChI is InChI=1S/C13H10N2O/c16-11-13-5-1-4-12(10-13)6-2-8-15-9-3-7-14-15/h1,3-5,7,9-11H,8H2. The highest BCUT2D eigenvalue weighted by Gasteiger charge is 1.90. The summed E-state index contributed by atoms with van der Waals surface area (Å²) in [5.74, 6) is 5.98. The number of aldehydes is 1. The average molecular weight is 210 g/mol. The Balaban J connectivity index is 2.08. The molecule has 0 aliphatic heterocycles. The van der Waals surface area contributed by atoms with Gasteiger partial charge < -0.3 is 0 Å². The van der Waals surface area contributed by atoms with E-state index in [1.807, 2.05) is 24.4 Å². The van der Waals surface area contributed by atoms with Crippen molar-refractivity contribution in [3.8, 4) is 11.8 Å². The minimum Gasteiger partial charge on any atom is -0.298 e.